The topological polar surface area (TPSA) is 53.6 Å². The maximum absolute atomic E-state index is 13.9. The zero-order valence-electron chi connectivity index (χ0n) is 19.0. The number of carbonyl (C=O) groups excluding carboxylic acids is 1. The van der Waals surface area contributed by atoms with Crippen LogP contribution in [0, 0.1) is 19.8 Å². The number of fused-ring (bicyclic) bond motifs is 4. The molecular weight excluding hydrogens is 418 g/mol. The summed E-state index contributed by atoms with van der Waals surface area (Å²) in [7, 11) is 0. The molecular formula is C26H31N3O2S. The van der Waals surface area contributed by atoms with Crippen LogP contribution in [0.3, 0.4) is 0 Å². The van der Waals surface area contributed by atoms with Crippen LogP contribution in [0.1, 0.15) is 61.8 Å². The molecule has 2 aromatic carbocycles. The first kappa shape index (κ1) is 21.3. The van der Waals surface area contributed by atoms with Gasteiger partial charge in [-0.15, -0.1) is 0 Å². The van der Waals surface area contributed by atoms with Crippen molar-refractivity contribution in [3.8, 4) is 5.75 Å². The molecule has 0 radical (unpaired) electrons. The fraction of sp³-hybridized carbons (Fsp3) is 0.462. The number of hydrogen-bond acceptors (Lipinski definition) is 3. The van der Waals surface area contributed by atoms with Crippen molar-refractivity contribution in [3.63, 3.8) is 0 Å². The summed E-state index contributed by atoms with van der Waals surface area (Å²) in [4.78, 5) is 16.1. The second kappa shape index (κ2) is 8.07. The normalized spacial score (nSPS) is 27.2. The van der Waals surface area contributed by atoms with E-state index in [0.717, 1.165) is 35.4 Å². The van der Waals surface area contributed by atoms with Crippen molar-refractivity contribution in [2.24, 2.45) is 5.92 Å². The molecule has 0 unspecified atom stereocenters. The Balaban J connectivity index is 1.56. The quantitative estimate of drug-likeness (QED) is 0.629. The molecule has 1 amide bonds. The number of rotatable bonds is 3. The van der Waals surface area contributed by atoms with E-state index in [9.17, 15) is 4.79 Å². The van der Waals surface area contributed by atoms with Gasteiger partial charge in [0.2, 0.25) is 5.91 Å². The number of anilines is 1. The van der Waals surface area contributed by atoms with E-state index in [2.05, 4.69) is 28.5 Å². The number of nitrogens with one attached hydrogen (secondary N) is 2. The second-order valence-corrected chi connectivity index (χ2v) is 9.96. The number of hydrogen-bond donors (Lipinski definition) is 2. The van der Waals surface area contributed by atoms with E-state index in [1.165, 1.54) is 24.8 Å². The minimum absolute atomic E-state index is 0.0465. The average Bonchev–Trinajstić information content (AvgIpc) is 2.75. The van der Waals surface area contributed by atoms with Gasteiger partial charge in [-0.3, -0.25) is 4.79 Å². The molecule has 2 aliphatic heterocycles. The molecule has 6 heteroatoms. The van der Waals surface area contributed by atoms with Gasteiger partial charge < -0.3 is 20.3 Å². The predicted molar refractivity (Wildman–Crippen MR) is 131 cm³/mol. The molecule has 3 atom stereocenters. The molecule has 168 valence electrons. The standard InChI is InChI=1S/C26H31N3O2S/c1-16-13-14-20(17(2)15-16)27-24(30)22-23-19-11-7-8-12-21(19)31-26(22,3)29(25(32)28-23)18-9-5-4-6-10-18/h7-8,11-15,18,22-23H,4-6,9-10H2,1-3H3,(H,27,30)(H,28,32)/t22-,23+,26+/m1/s1. The highest BCUT2D eigenvalue weighted by atomic mass is 32.1. The number of benzene rings is 2. The SMILES string of the molecule is Cc1ccc(NC(=O)[C@H]2[C@H]3NC(=S)N(C4CCCCC4)[C@@]2(C)Oc2ccccc23)c(C)c1. The fourth-order valence-electron chi connectivity index (χ4n) is 5.80. The van der Waals surface area contributed by atoms with Gasteiger partial charge in [-0.25, -0.2) is 0 Å². The zero-order chi connectivity index (χ0) is 22.5. The number of amides is 1. The highest BCUT2D eigenvalue weighted by Gasteiger charge is 2.59. The second-order valence-electron chi connectivity index (χ2n) is 9.57. The summed E-state index contributed by atoms with van der Waals surface area (Å²) in [5.41, 5.74) is 3.20. The van der Waals surface area contributed by atoms with E-state index in [0.29, 0.717) is 5.11 Å². The van der Waals surface area contributed by atoms with Crippen LogP contribution in [0.5, 0.6) is 5.75 Å². The van der Waals surface area contributed by atoms with Crippen molar-refractivity contribution in [3.05, 3.63) is 59.2 Å². The van der Waals surface area contributed by atoms with Crippen LogP contribution in [0.4, 0.5) is 5.69 Å². The van der Waals surface area contributed by atoms with Crippen molar-refractivity contribution in [1.29, 1.82) is 0 Å². The minimum Gasteiger partial charge on any atom is -0.467 e. The maximum Gasteiger partial charge on any atom is 0.236 e. The van der Waals surface area contributed by atoms with Gasteiger partial charge in [-0.2, -0.15) is 0 Å². The van der Waals surface area contributed by atoms with Gasteiger partial charge in [0.05, 0.1) is 6.04 Å². The summed E-state index contributed by atoms with van der Waals surface area (Å²) in [5, 5.41) is 7.42. The zero-order valence-corrected chi connectivity index (χ0v) is 19.8. The van der Waals surface area contributed by atoms with Gasteiger partial charge in [0.1, 0.15) is 11.7 Å². The summed E-state index contributed by atoms with van der Waals surface area (Å²) >= 11 is 5.87. The van der Waals surface area contributed by atoms with E-state index in [4.69, 9.17) is 17.0 Å². The van der Waals surface area contributed by atoms with Crippen molar-refractivity contribution < 1.29 is 9.53 Å². The van der Waals surface area contributed by atoms with Crippen LogP contribution in [-0.4, -0.2) is 27.7 Å². The van der Waals surface area contributed by atoms with Crippen LogP contribution >= 0.6 is 12.2 Å². The Morgan fingerprint density at radius 3 is 2.66 bits per heavy atom. The third kappa shape index (κ3) is 3.45. The number of nitrogens with zero attached hydrogens (tertiary/aromatic N) is 1. The lowest BCUT2D eigenvalue weighted by atomic mass is 9.77. The van der Waals surface area contributed by atoms with Gasteiger partial charge >= 0.3 is 0 Å². The van der Waals surface area contributed by atoms with E-state index < -0.39 is 11.6 Å². The first-order valence-electron chi connectivity index (χ1n) is 11.6. The number of para-hydroxylation sites is 1. The molecule has 3 aliphatic rings. The van der Waals surface area contributed by atoms with Crippen LogP contribution < -0.4 is 15.4 Å². The van der Waals surface area contributed by atoms with Gasteiger partial charge in [0.15, 0.2) is 10.8 Å². The van der Waals surface area contributed by atoms with E-state index >= 15 is 0 Å². The first-order valence-corrected chi connectivity index (χ1v) is 12.1. The highest BCUT2D eigenvalue weighted by Crippen LogP contribution is 2.50. The molecule has 1 saturated carbocycles. The molecule has 32 heavy (non-hydrogen) atoms. The third-order valence-electron chi connectivity index (χ3n) is 7.32. The van der Waals surface area contributed by atoms with Gasteiger partial charge in [0, 0.05) is 17.3 Å². The number of carbonyl (C=O) groups is 1. The molecule has 5 nitrogen and oxygen atoms in total. The number of ether oxygens (including phenoxy) is 1. The van der Waals surface area contributed by atoms with E-state index in [1.807, 2.05) is 50.2 Å². The molecule has 1 aliphatic carbocycles. The Bertz CT molecular complexity index is 1060. The Kier molecular flexibility index (Phi) is 5.36. The van der Waals surface area contributed by atoms with Crippen LogP contribution in [-0.2, 0) is 4.79 Å². The molecule has 1 saturated heterocycles. The smallest absolute Gasteiger partial charge is 0.236 e. The Morgan fingerprint density at radius 1 is 1.16 bits per heavy atom. The molecule has 2 N–H and O–H groups in total. The average molecular weight is 450 g/mol. The Morgan fingerprint density at radius 2 is 1.91 bits per heavy atom. The van der Waals surface area contributed by atoms with Crippen LogP contribution in [0.2, 0.25) is 0 Å². The molecule has 2 heterocycles. The lowest BCUT2D eigenvalue weighted by Crippen LogP contribution is -2.73. The number of thiocarbonyl (C=S) groups is 1. The van der Waals surface area contributed by atoms with E-state index in [1.54, 1.807) is 0 Å². The van der Waals surface area contributed by atoms with Crippen LogP contribution in [0.25, 0.3) is 0 Å². The molecule has 2 bridgehead atoms. The largest absolute Gasteiger partial charge is 0.467 e. The highest BCUT2D eigenvalue weighted by molar-refractivity contribution is 7.80. The van der Waals surface area contributed by atoms with Crippen molar-refractivity contribution in [2.45, 2.75) is 70.7 Å². The lowest BCUT2D eigenvalue weighted by molar-refractivity contribution is -0.156. The first-order chi connectivity index (χ1) is 15.4. The Hall–Kier alpha value is -2.60. The summed E-state index contributed by atoms with van der Waals surface area (Å²) in [6, 6.07) is 14.1. The molecule has 0 aromatic heterocycles. The molecule has 0 spiro atoms. The van der Waals surface area contributed by atoms with Crippen LogP contribution in [0.15, 0.2) is 42.5 Å². The molecule has 2 fully saturated rings. The fourth-order valence-corrected chi connectivity index (χ4v) is 6.25. The van der Waals surface area contributed by atoms with E-state index in [-0.39, 0.29) is 18.0 Å². The lowest BCUT2D eigenvalue weighted by Gasteiger charge is -2.58. The summed E-state index contributed by atoms with van der Waals surface area (Å²) in [5.74, 6) is 0.327. The third-order valence-corrected chi connectivity index (χ3v) is 7.63. The minimum atomic E-state index is -0.855. The predicted octanol–water partition coefficient (Wildman–Crippen LogP) is 5.23. The van der Waals surface area contributed by atoms with Crippen molar-refractivity contribution >= 4 is 28.9 Å². The maximum atomic E-state index is 13.9. The van der Waals surface area contributed by atoms with Gasteiger partial charge in [0.25, 0.3) is 0 Å². The summed E-state index contributed by atoms with van der Waals surface area (Å²) in [6.45, 7) is 6.13. The van der Waals surface area contributed by atoms with Crippen molar-refractivity contribution in [1.82, 2.24) is 10.2 Å². The monoisotopic (exact) mass is 449 g/mol. The van der Waals surface area contributed by atoms with Gasteiger partial charge in [-0.1, -0.05) is 55.2 Å². The summed E-state index contributed by atoms with van der Waals surface area (Å²) in [6.07, 6.45) is 5.75. The molecule has 2 aromatic rings. The molecule has 5 rings (SSSR count). The Labute approximate surface area is 195 Å². The summed E-state index contributed by atoms with van der Waals surface area (Å²) < 4.78 is 6.68. The van der Waals surface area contributed by atoms with Gasteiger partial charge in [-0.05, 0) is 63.5 Å². The number of aryl methyl sites for hydroxylation is 2. The van der Waals surface area contributed by atoms with Crippen molar-refractivity contribution in [2.75, 3.05) is 5.32 Å².